The van der Waals surface area contributed by atoms with E-state index in [-0.39, 0.29) is 29.8 Å². The number of hydrogen-bond acceptors (Lipinski definition) is 9. The number of aliphatic hydroxyl groups excluding tert-OH is 1. The molecule has 2 saturated heterocycles. The highest BCUT2D eigenvalue weighted by atomic mass is 16.3. The van der Waals surface area contributed by atoms with Gasteiger partial charge >= 0.3 is 6.15 Å². The molecule has 0 aromatic rings. The van der Waals surface area contributed by atoms with E-state index in [0.29, 0.717) is 51.2 Å². The van der Waals surface area contributed by atoms with Crippen LogP contribution in [0.5, 0.6) is 0 Å². The number of nitrogens with zero attached hydrogens (tertiary/aromatic N) is 2. The van der Waals surface area contributed by atoms with Gasteiger partial charge in [0.2, 0.25) is 35.4 Å². The zero-order valence-corrected chi connectivity index (χ0v) is 31.9. The van der Waals surface area contributed by atoms with Crippen molar-refractivity contribution >= 4 is 41.6 Å². The molecule has 52 heavy (non-hydrogen) atoms. The average molecular weight is 735 g/mol. The molecule has 294 valence electrons. The number of carbonyl (C=O) groups excluding carboxylic acids is 8. The second kappa shape index (κ2) is 22.3. The van der Waals surface area contributed by atoms with Crippen LogP contribution in [0.3, 0.4) is 0 Å². The van der Waals surface area contributed by atoms with Crippen molar-refractivity contribution in [3.63, 3.8) is 0 Å². The molecule has 15 nitrogen and oxygen atoms in total. The SMILES string of the molecule is CCCNC(=O)[C@@H](NC(=O)[C@@H]1CC(C)CN1C(=O)[C@H](C)NC(=O)[C@@H]1CCCCN1C(=O)[C@@H](NC(=O)CCC1CCCCC1)C(C)C)[C@@H](C)O.O=C=O. The lowest BCUT2D eigenvalue weighted by molar-refractivity contribution is -0.191. The molecule has 0 aromatic carbocycles. The summed E-state index contributed by atoms with van der Waals surface area (Å²) >= 11 is 0. The van der Waals surface area contributed by atoms with Crippen molar-refractivity contribution in [2.45, 2.75) is 155 Å². The van der Waals surface area contributed by atoms with Gasteiger partial charge in [-0.3, -0.25) is 28.8 Å². The molecule has 1 unspecified atom stereocenters. The standard InChI is InChI=1S/C36H62N6O7.CO2/c1-7-18-37-34(47)31(25(6)43)40-33(46)28-20-23(4)21-42(28)35(48)24(5)38-32(45)27-15-11-12-19-41(27)36(49)30(22(2)3)39-29(44)17-16-26-13-9-8-10-14-26;2-1-3/h22-28,30-31,43H,7-21H2,1-6H3,(H,37,47)(H,38,45)(H,39,44)(H,40,46);/t23?,24-,25+,27-,28-,30-,31-;/m0./s1. The molecule has 7 atom stereocenters. The number of piperidine rings is 1. The molecule has 0 spiro atoms. The fraction of sp³-hybridized carbons (Fsp3) is 0.811. The summed E-state index contributed by atoms with van der Waals surface area (Å²) in [7, 11) is 0. The maximum absolute atomic E-state index is 13.9. The highest BCUT2D eigenvalue weighted by molar-refractivity contribution is 5.96. The summed E-state index contributed by atoms with van der Waals surface area (Å²) in [5.41, 5.74) is 0. The van der Waals surface area contributed by atoms with Crippen molar-refractivity contribution in [1.29, 1.82) is 0 Å². The van der Waals surface area contributed by atoms with E-state index in [2.05, 4.69) is 21.3 Å². The number of likely N-dealkylation sites (tertiary alicyclic amines) is 2. The van der Waals surface area contributed by atoms with Crippen molar-refractivity contribution < 1.29 is 43.5 Å². The lowest BCUT2D eigenvalue weighted by Crippen LogP contribution is -2.61. The normalized spacial score (nSPS) is 22.8. The van der Waals surface area contributed by atoms with Gasteiger partial charge in [-0.25, -0.2) is 0 Å². The number of aliphatic hydroxyl groups is 1. The third-order valence-corrected chi connectivity index (χ3v) is 10.3. The van der Waals surface area contributed by atoms with E-state index in [0.717, 1.165) is 32.1 Å². The van der Waals surface area contributed by atoms with E-state index >= 15 is 0 Å². The summed E-state index contributed by atoms with van der Waals surface area (Å²) in [5, 5.41) is 21.3. The fourth-order valence-electron chi connectivity index (χ4n) is 7.39. The molecule has 1 saturated carbocycles. The first-order valence-corrected chi connectivity index (χ1v) is 19.1. The predicted octanol–water partition coefficient (Wildman–Crippen LogP) is 1.42. The van der Waals surface area contributed by atoms with Crippen molar-refractivity contribution in [3.05, 3.63) is 0 Å². The Labute approximate surface area is 308 Å². The summed E-state index contributed by atoms with van der Waals surface area (Å²) in [4.78, 5) is 99.4. The Balaban J connectivity index is 0.00000301. The van der Waals surface area contributed by atoms with Gasteiger partial charge in [0, 0.05) is 26.1 Å². The number of nitrogens with one attached hydrogen (secondary N) is 4. The number of rotatable bonds is 15. The van der Waals surface area contributed by atoms with E-state index in [4.69, 9.17) is 9.59 Å². The van der Waals surface area contributed by atoms with Gasteiger partial charge in [0.1, 0.15) is 30.2 Å². The van der Waals surface area contributed by atoms with Crippen LogP contribution < -0.4 is 21.3 Å². The smallest absolute Gasteiger partial charge is 0.373 e. The molecule has 6 amide bonds. The van der Waals surface area contributed by atoms with Crippen LogP contribution in [-0.2, 0) is 38.4 Å². The fourth-order valence-corrected chi connectivity index (χ4v) is 7.39. The number of amides is 6. The van der Waals surface area contributed by atoms with Gasteiger partial charge in [-0.1, -0.05) is 59.8 Å². The predicted molar refractivity (Wildman–Crippen MR) is 191 cm³/mol. The van der Waals surface area contributed by atoms with E-state index in [1.54, 1.807) is 11.8 Å². The van der Waals surface area contributed by atoms with E-state index in [1.807, 2.05) is 27.7 Å². The third-order valence-electron chi connectivity index (χ3n) is 10.3. The molecule has 3 fully saturated rings. The molecule has 1 aliphatic carbocycles. The Hall–Kier alpha value is -3.84. The van der Waals surface area contributed by atoms with Crippen molar-refractivity contribution in [3.8, 4) is 0 Å². The first-order chi connectivity index (χ1) is 24.7. The Bertz CT molecular complexity index is 1250. The van der Waals surface area contributed by atoms with Crippen LogP contribution in [0.2, 0.25) is 0 Å². The van der Waals surface area contributed by atoms with Gasteiger partial charge in [0.15, 0.2) is 0 Å². The van der Waals surface area contributed by atoms with Crippen LogP contribution in [0, 0.1) is 17.8 Å². The second-order valence-electron chi connectivity index (χ2n) is 15.1. The number of carbonyl (C=O) groups is 6. The Morgan fingerprint density at radius 2 is 1.40 bits per heavy atom. The molecule has 2 aliphatic heterocycles. The van der Waals surface area contributed by atoms with Crippen molar-refractivity contribution in [2.75, 3.05) is 19.6 Å². The van der Waals surface area contributed by atoms with Gasteiger partial charge in [0.05, 0.1) is 6.10 Å². The van der Waals surface area contributed by atoms with Crippen LogP contribution >= 0.6 is 0 Å². The van der Waals surface area contributed by atoms with Crippen LogP contribution in [0.4, 0.5) is 0 Å². The summed E-state index contributed by atoms with van der Waals surface area (Å²) in [6, 6.07) is -4.57. The van der Waals surface area contributed by atoms with E-state index < -0.39 is 59.9 Å². The van der Waals surface area contributed by atoms with Gasteiger partial charge < -0.3 is 36.2 Å². The largest absolute Gasteiger partial charge is 0.391 e. The molecule has 3 aliphatic rings. The number of hydrogen-bond donors (Lipinski definition) is 5. The lowest BCUT2D eigenvalue weighted by atomic mass is 9.86. The van der Waals surface area contributed by atoms with Gasteiger partial charge in [-0.2, -0.15) is 9.59 Å². The van der Waals surface area contributed by atoms with Crippen LogP contribution in [-0.4, -0.2) is 112 Å². The Kier molecular flexibility index (Phi) is 19.0. The minimum Gasteiger partial charge on any atom is -0.391 e. The zero-order valence-electron chi connectivity index (χ0n) is 31.9. The Morgan fingerprint density at radius 3 is 2.00 bits per heavy atom. The molecule has 0 aromatic heterocycles. The topological polar surface area (TPSA) is 211 Å². The Morgan fingerprint density at radius 1 is 0.788 bits per heavy atom. The summed E-state index contributed by atoms with van der Waals surface area (Å²) < 4.78 is 0. The van der Waals surface area contributed by atoms with Crippen LogP contribution in [0.15, 0.2) is 0 Å². The van der Waals surface area contributed by atoms with Crippen molar-refractivity contribution in [2.24, 2.45) is 17.8 Å². The second-order valence-corrected chi connectivity index (χ2v) is 15.1. The minimum atomic E-state index is -1.17. The minimum absolute atomic E-state index is 0.00109. The van der Waals surface area contributed by atoms with Gasteiger partial charge in [-0.15, -0.1) is 0 Å². The quantitative estimate of drug-likeness (QED) is 0.164. The highest BCUT2D eigenvalue weighted by Crippen LogP contribution is 2.28. The molecule has 0 radical (unpaired) electrons. The monoisotopic (exact) mass is 734 g/mol. The highest BCUT2D eigenvalue weighted by Gasteiger charge is 2.42. The van der Waals surface area contributed by atoms with Crippen molar-refractivity contribution in [1.82, 2.24) is 31.1 Å². The maximum Gasteiger partial charge on any atom is 0.373 e. The summed E-state index contributed by atoms with van der Waals surface area (Å²) in [6.45, 7) is 11.6. The summed E-state index contributed by atoms with van der Waals surface area (Å²) in [6.07, 6.45) is 9.25. The molecular formula is C37H62N6O9. The van der Waals surface area contributed by atoms with E-state index in [9.17, 15) is 33.9 Å². The van der Waals surface area contributed by atoms with Gasteiger partial charge in [-0.05, 0) is 70.1 Å². The van der Waals surface area contributed by atoms with Crippen LogP contribution in [0.25, 0.3) is 0 Å². The average Bonchev–Trinajstić information content (AvgIpc) is 3.52. The lowest BCUT2D eigenvalue weighted by Gasteiger charge is -2.38. The van der Waals surface area contributed by atoms with E-state index in [1.165, 1.54) is 31.1 Å². The van der Waals surface area contributed by atoms with Crippen LogP contribution in [0.1, 0.15) is 119 Å². The molecule has 3 rings (SSSR count). The molecule has 15 heteroatoms. The third kappa shape index (κ3) is 13.3. The molecule has 2 heterocycles. The first kappa shape index (κ1) is 44.3. The summed E-state index contributed by atoms with van der Waals surface area (Å²) in [5.74, 6) is -1.99. The van der Waals surface area contributed by atoms with Gasteiger partial charge in [0.25, 0.3) is 0 Å². The first-order valence-electron chi connectivity index (χ1n) is 19.1. The molecule has 5 N–H and O–H groups in total. The maximum atomic E-state index is 13.9. The zero-order chi connectivity index (χ0) is 39.0. The molecule has 0 bridgehead atoms. The molecular weight excluding hydrogens is 672 g/mol.